The SMILES string of the molecule is CCOCC(C)OCc1occc1CNC(C)C. The molecule has 0 bridgehead atoms. The minimum absolute atomic E-state index is 0.0842. The Balaban J connectivity index is 2.35. The summed E-state index contributed by atoms with van der Waals surface area (Å²) in [6.45, 7) is 10.9. The van der Waals surface area contributed by atoms with Crippen LogP contribution in [-0.2, 0) is 22.6 Å². The summed E-state index contributed by atoms with van der Waals surface area (Å²) in [5.74, 6) is 0.895. The highest BCUT2D eigenvalue weighted by atomic mass is 16.5. The highest BCUT2D eigenvalue weighted by molar-refractivity contribution is 5.16. The van der Waals surface area contributed by atoms with Gasteiger partial charge in [0.05, 0.1) is 19.0 Å². The van der Waals surface area contributed by atoms with Crippen molar-refractivity contribution in [3.8, 4) is 0 Å². The van der Waals surface area contributed by atoms with E-state index in [0.29, 0.717) is 19.3 Å². The number of ether oxygens (including phenoxy) is 2. The van der Waals surface area contributed by atoms with Crippen LogP contribution in [0, 0.1) is 0 Å². The molecule has 0 radical (unpaired) electrons. The van der Waals surface area contributed by atoms with Crippen LogP contribution in [0.5, 0.6) is 0 Å². The highest BCUT2D eigenvalue weighted by Gasteiger charge is 2.09. The summed E-state index contributed by atoms with van der Waals surface area (Å²) in [7, 11) is 0. The molecule has 104 valence electrons. The van der Waals surface area contributed by atoms with Gasteiger partial charge in [-0.25, -0.2) is 0 Å². The van der Waals surface area contributed by atoms with Gasteiger partial charge in [-0.3, -0.25) is 0 Å². The number of nitrogens with one attached hydrogen (secondary N) is 1. The van der Waals surface area contributed by atoms with E-state index in [-0.39, 0.29) is 6.10 Å². The zero-order chi connectivity index (χ0) is 13.4. The monoisotopic (exact) mass is 255 g/mol. The van der Waals surface area contributed by atoms with E-state index in [1.165, 1.54) is 0 Å². The topological polar surface area (TPSA) is 43.6 Å². The van der Waals surface area contributed by atoms with Crippen LogP contribution in [0.15, 0.2) is 16.7 Å². The molecule has 4 heteroatoms. The molecule has 1 unspecified atom stereocenters. The summed E-state index contributed by atoms with van der Waals surface area (Å²) in [4.78, 5) is 0. The Bertz CT molecular complexity index is 323. The minimum atomic E-state index is 0.0842. The van der Waals surface area contributed by atoms with E-state index in [2.05, 4.69) is 19.2 Å². The van der Waals surface area contributed by atoms with Crippen molar-refractivity contribution in [3.63, 3.8) is 0 Å². The molecule has 4 nitrogen and oxygen atoms in total. The van der Waals surface area contributed by atoms with E-state index >= 15 is 0 Å². The number of rotatable bonds is 9. The van der Waals surface area contributed by atoms with Crippen molar-refractivity contribution < 1.29 is 13.9 Å². The molecule has 0 aliphatic rings. The Hall–Kier alpha value is -0.840. The first-order valence-electron chi connectivity index (χ1n) is 6.61. The number of furan rings is 1. The number of hydrogen-bond donors (Lipinski definition) is 1. The summed E-state index contributed by atoms with van der Waals surface area (Å²) in [6, 6.07) is 2.45. The molecule has 1 N–H and O–H groups in total. The van der Waals surface area contributed by atoms with Gasteiger partial charge in [-0.2, -0.15) is 0 Å². The van der Waals surface area contributed by atoms with Gasteiger partial charge in [0, 0.05) is 24.8 Å². The van der Waals surface area contributed by atoms with Crippen molar-refractivity contribution in [3.05, 3.63) is 23.7 Å². The van der Waals surface area contributed by atoms with Gasteiger partial charge in [0.2, 0.25) is 0 Å². The van der Waals surface area contributed by atoms with Crippen molar-refractivity contribution >= 4 is 0 Å². The fourth-order valence-corrected chi connectivity index (χ4v) is 1.52. The molecule has 1 aromatic rings. The molecule has 0 fully saturated rings. The molecule has 0 spiro atoms. The van der Waals surface area contributed by atoms with Crippen LogP contribution in [0.2, 0.25) is 0 Å². The Morgan fingerprint density at radius 3 is 2.78 bits per heavy atom. The van der Waals surface area contributed by atoms with E-state index in [9.17, 15) is 0 Å². The third kappa shape index (κ3) is 5.67. The highest BCUT2D eigenvalue weighted by Crippen LogP contribution is 2.13. The van der Waals surface area contributed by atoms with Crippen LogP contribution in [0.1, 0.15) is 39.0 Å². The van der Waals surface area contributed by atoms with Crippen LogP contribution in [0.4, 0.5) is 0 Å². The third-order valence-electron chi connectivity index (χ3n) is 2.59. The molecule has 0 saturated carbocycles. The molecular formula is C14H25NO3. The zero-order valence-electron chi connectivity index (χ0n) is 11.9. The predicted molar refractivity (Wildman–Crippen MR) is 71.4 cm³/mol. The lowest BCUT2D eigenvalue weighted by atomic mass is 10.2. The summed E-state index contributed by atoms with van der Waals surface area (Å²) in [5.41, 5.74) is 1.16. The normalized spacial score (nSPS) is 13.2. The van der Waals surface area contributed by atoms with Crippen molar-refractivity contribution in [1.29, 1.82) is 0 Å². The van der Waals surface area contributed by atoms with Gasteiger partial charge >= 0.3 is 0 Å². The van der Waals surface area contributed by atoms with Crippen LogP contribution >= 0.6 is 0 Å². The maximum atomic E-state index is 5.69. The van der Waals surface area contributed by atoms with Gasteiger partial charge in [0.1, 0.15) is 12.4 Å². The Labute approximate surface area is 110 Å². The lowest BCUT2D eigenvalue weighted by Gasteiger charge is -2.13. The summed E-state index contributed by atoms with van der Waals surface area (Å²) in [5, 5.41) is 3.37. The van der Waals surface area contributed by atoms with E-state index < -0.39 is 0 Å². The average Bonchev–Trinajstić information content (AvgIpc) is 2.78. The van der Waals surface area contributed by atoms with Gasteiger partial charge in [0.15, 0.2) is 0 Å². The Morgan fingerprint density at radius 2 is 2.11 bits per heavy atom. The second kappa shape index (κ2) is 8.29. The van der Waals surface area contributed by atoms with Gasteiger partial charge < -0.3 is 19.2 Å². The maximum Gasteiger partial charge on any atom is 0.133 e. The van der Waals surface area contributed by atoms with Crippen LogP contribution in [0.25, 0.3) is 0 Å². The van der Waals surface area contributed by atoms with E-state index in [1.54, 1.807) is 6.26 Å². The second-order valence-corrected chi connectivity index (χ2v) is 4.69. The molecule has 1 aromatic heterocycles. The second-order valence-electron chi connectivity index (χ2n) is 4.69. The van der Waals surface area contributed by atoms with Gasteiger partial charge in [-0.05, 0) is 19.9 Å². The van der Waals surface area contributed by atoms with Crippen molar-refractivity contribution in [1.82, 2.24) is 5.32 Å². The Morgan fingerprint density at radius 1 is 1.33 bits per heavy atom. The molecule has 1 heterocycles. The fourth-order valence-electron chi connectivity index (χ4n) is 1.52. The Kier molecular flexibility index (Phi) is 7.01. The van der Waals surface area contributed by atoms with Crippen molar-refractivity contribution in [2.24, 2.45) is 0 Å². The van der Waals surface area contributed by atoms with E-state index in [0.717, 1.165) is 24.5 Å². The van der Waals surface area contributed by atoms with Gasteiger partial charge in [-0.1, -0.05) is 13.8 Å². The van der Waals surface area contributed by atoms with E-state index in [4.69, 9.17) is 13.9 Å². The van der Waals surface area contributed by atoms with Crippen LogP contribution < -0.4 is 5.32 Å². The molecule has 0 aliphatic heterocycles. The van der Waals surface area contributed by atoms with Gasteiger partial charge in [0.25, 0.3) is 0 Å². The zero-order valence-corrected chi connectivity index (χ0v) is 11.9. The molecule has 0 amide bonds. The summed E-state index contributed by atoms with van der Waals surface area (Å²) >= 11 is 0. The summed E-state index contributed by atoms with van der Waals surface area (Å²) in [6.07, 6.45) is 1.80. The van der Waals surface area contributed by atoms with Crippen LogP contribution in [0.3, 0.4) is 0 Å². The summed E-state index contributed by atoms with van der Waals surface area (Å²) < 4.78 is 16.4. The van der Waals surface area contributed by atoms with Crippen LogP contribution in [-0.4, -0.2) is 25.4 Å². The largest absolute Gasteiger partial charge is 0.467 e. The van der Waals surface area contributed by atoms with E-state index in [1.807, 2.05) is 19.9 Å². The minimum Gasteiger partial charge on any atom is -0.467 e. The maximum absolute atomic E-state index is 5.69. The van der Waals surface area contributed by atoms with Gasteiger partial charge in [-0.15, -0.1) is 0 Å². The molecule has 0 saturated heterocycles. The third-order valence-corrected chi connectivity index (χ3v) is 2.59. The van der Waals surface area contributed by atoms with Crippen molar-refractivity contribution in [2.75, 3.05) is 13.2 Å². The lowest BCUT2D eigenvalue weighted by Crippen LogP contribution is -2.22. The molecule has 0 aromatic carbocycles. The smallest absolute Gasteiger partial charge is 0.133 e. The predicted octanol–water partition coefficient (Wildman–Crippen LogP) is 2.72. The quantitative estimate of drug-likeness (QED) is 0.737. The molecule has 1 rings (SSSR count). The fraction of sp³-hybridized carbons (Fsp3) is 0.714. The lowest BCUT2D eigenvalue weighted by molar-refractivity contribution is -0.0173. The first-order chi connectivity index (χ1) is 8.63. The first kappa shape index (κ1) is 15.2. The molecule has 1 atom stereocenters. The van der Waals surface area contributed by atoms with Crippen molar-refractivity contribution in [2.45, 2.75) is 53.0 Å². The molecular weight excluding hydrogens is 230 g/mol. The number of hydrogen-bond acceptors (Lipinski definition) is 4. The first-order valence-corrected chi connectivity index (χ1v) is 6.61. The standard InChI is InChI=1S/C14H25NO3/c1-5-16-9-12(4)18-10-14-13(6-7-17-14)8-15-11(2)3/h6-7,11-12,15H,5,8-10H2,1-4H3. The molecule has 0 aliphatic carbocycles. The molecule has 18 heavy (non-hydrogen) atoms. The average molecular weight is 255 g/mol.